The predicted octanol–water partition coefficient (Wildman–Crippen LogP) is 4.11. The van der Waals surface area contributed by atoms with Gasteiger partial charge in [0.2, 0.25) is 0 Å². The highest BCUT2D eigenvalue weighted by molar-refractivity contribution is 7.53. The van der Waals surface area contributed by atoms with Crippen molar-refractivity contribution in [3.05, 3.63) is 34.9 Å². The van der Waals surface area contributed by atoms with Gasteiger partial charge in [-0.15, -0.1) is 0 Å². The van der Waals surface area contributed by atoms with E-state index >= 15 is 0 Å². The summed E-state index contributed by atoms with van der Waals surface area (Å²) in [7, 11) is -3.05. The van der Waals surface area contributed by atoms with E-state index in [4.69, 9.17) is 20.6 Å². The smallest absolute Gasteiger partial charge is 0.309 e. The molecule has 0 aliphatic rings. The molecule has 0 aromatic heterocycles. The molecule has 0 amide bonds. The van der Waals surface area contributed by atoms with E-state index in [-0.39, 0.29) is 6.16 Å². The Morgan fingerprint density at radius 3 is 2.25 bits per heavy atom. The largest absolute Gasteiger partial charge is 0.335 e. The number of rotatable bonds is 6. The highest BCUT2D eigenvalue weighted by Gasteiger charge is 2.24. The van der Waals surface area contributed by atoms with Crippen LogP contribution in [0.2, 0.25) is 5.02 Å². The Morgan fingerprint density at radius 1 is 1.19 bits per heavy atom. The van der Waals surface area contributed by atoms with Crippen molar-refractivity contribution in [2.75, 3.05) is 13.2 Å². The second kappa shape index (κ2) is 6.41. The van der Waals surface area contributed by atoms with Gasteiger partial charge in [-0.05, 0) is 25.5 Å². The van der Waals surface area contributed by atoms with E-state index in [2.05, 4.69) is 0 Å². The van der Waals surface area contributed by atoms with Gasteiger partial charge in [0.1, 0.15) is 0 Å². The molecule has 1 aromatic carbocycles. The minimum Gasteiger partial charge on any atom is -0.309 e. The normalized spacial score (nSPS) is 11.7. The minimum absolute atomic E-state index is 0.217. The molecule has 1 aromatic rings. The van der Waals surface area contributed by atoms with Crippen molar-refractivity contribution in [3.8, 4) is 0 Å². The Kier molecular flexibility index (Phi) is 5.50. The molecule has 0 radical (unpaired) electrons. The first-order valence-corrected chi connectivity index (χ1v) is 7.33. The fourth-order valence-electron chi connectivity index (χ4n) is 1.36. The van der Waals surface area contributed by atoms with Gasteiger partial charge in [-0.3, -0.25) is 4.57 Å². The summed E-state index contributed by atoms with van der Waals surface area (Å²) in [5.74, 6) is 0. The molecule has 0 unspecified atom stereocenters. The molecule has 0 saturated heterocycles. The molecule has 16 heavy (non-hydrogen) atoms. The molecule has 3 nitrogen and oxygen atoms in total. The summed E-state index contributed by atoms with van der Waals surface area (Å²) < 4.78 is 22.6. The van der Waals surface area contributed by atoms with Gasteiger partial charge in [0, 0.05) is 5.02 Å². The quantitative estimate of drug-likeness (QED) is 0.733. The molecule has 0 aliphatic carbocycles. The molecule has 0 fully saturated rings. The lowest BCUT2D eigenvalue weighted by atomic mass is 10.9. The molecule has 0 bridgehead atoms. The van der Waals surface area contributed by atoms with Crippen LogP contribution < -0.4 is 0 Å². The molecule has 90 valence electrons. The summed E-state index contributed by atoms with van der Waals surface area (Å²) >= 11 is 6.00. The number of hydrogen-bond acceptors (Lipinski definition) is 3. The Bertz CT molecular complexity index is 371. The summed E-state index contributed by atoms with van der Waals surface area (Å²) in [6.45, 7) is 4.31. The van der Waals surface area contributed by atoms with Crippen LogP contribution in [0.5, 0.6) is 0 Å². The van der Waals surface area contributed by atoms with Crippen molar-refractivity contribution in [3.63, 3.8) is 0 Å². The SMILES string of the molecule is CCOP(=O)(C[14c]1[14cH][14cH][14cH][14cH][14c]1Cl)OCC. The van der Waals surface area contributed by atoms with Gasteiger partial charge in [-0.1, -0.05) is 29.8 Å². The van der Waals surface area contributed by atoms with Crippen molar-refractivity contribution < 1.29 is 13.6 Å². The van der Waals surface area contributed by atoms with Crippen LogP contribution in [0.3, 0.4) is 0 Å². The number of hydrogen-bond donors (Lipinski definition) is 0. The van der Waals surface area contributed by atoms with Gasteiger partial charge >= 0.3 is 7.60 Å². The molecule has 5 heteroatoms. The molecular formula is C11H16ClO3P. The Hall–Kier alpha value is -0.340. The van der Waals surface area contributed by atoms with Crippen LogP contribution in [0.15, 0.2) is 24.3 Å². The zero-order valence-corrected chi connectivity index (χ0v) is 11.1. The van der Waals surface area contributed by atoms with Crippen LogP contribution in [-0.4, -0.2) is 13.2 Å². The summed E-state index contributed by atoms with van der Waals surface area (Å²) in [6, 6.07) is 7.27. The highest BCUT2D eigenvalue weighted by atomic mass is 35.5. The Labute approximate surface area is 101 Å². The van der Waals surface area contributed by atoms with E-state index in [1.54, 1.807) is 19.9 Å². The van der Waals surface area contributed by atoms with Crippen molar-refractivity contribution >= 4 is 19.2 Å². The summed E-state index contributed by atoms with van der Waals surface area (Å²) in [5, 5.41) is 0.585. The molecular weight excluding hydrogens is 258 g/mol. The third-order valence-corrected chi connectivity index (χ3v) is 4.37. The third-order valence-electron chi connectivity index (χ3n) is 1.97. The fraction of sp³-hybridized carbons (Fsp3) is 0.455. The second-order valence-electron chi connectivity index (χ2n) is 3.20. The highest BCUT2D eigenvalue weighted by Crippen LogP contribution is 2.51. The molecule has 0 aliphatic heterocycles. The Morgan fingerprint density at radius 2 is 1.75 bits per heavy atom. The zero-order chi connectivity index (χ0) is 12.0. The predicted molar refractivity (Wildman–Crippen MR) is 66.0 cm³/mol. The van der Waals surface area contributed by atoms with E-state index in [9.17, 15) is 4.57 Å². The Balaban J connectivity index is 2.83. The topological polar surface area (TPSA) is 35.5 Å². The van der Waals surface area contributed by atoms with Gasteiger partial charge < -0.3 is 9.05 Å². The van der Waals surface area contributed by atoms with Crippen LogP contribution in [0.4, 0.5) is 0 Å². The number of benzene rings is 1. The van der Waals surface area contributed by atoms with Crippen LogP contribution in [0.1, 0.15) is 19.4 Å². The van der Waals surface area contributed by atoms with E-state index < -0.39 is 7.60 Å². The lowest BCUT2D eigenvalue weighted by molar-refractivity contribution is 0.219. The molecule has 1 rings (SSSR count). The van der Waals surface area contributed by atoms with Crippen molar-refractivity contribution in [2.45, 2.75) is 20.0 Å². The van der Waals surface area contributed by atoms with Crippen molar-refractivity contribution in [2.24, 2.45) is 0 Å². The molecule has 0 N–H and O–H groups in total. The van der Waals surface area contributed by atoms with E-state index in [1.807, 2.05) is 18.2 Å². The molecule has 0 saturated carbocycles. The van der Waals surface area contributed by atoms with Crippen LogP contribution >= 0.6 is 19.2 Å². The molecule has 0 spiro atoms. The van der Waals surface area contributed by atoms with Crippen LogP contribution in [0, 0.1) is 0 Å². The number of halogens is 1. The second-order valence-corrected chi connectivity index (χ2v) is 5.66. The maximum atomic E-state index is 12.2. The maximum absolute atomic E-state index is 12.2. The van der Waals surface area contributed by atoms with Gasteiger partial charge in [-0.2, -0.15) is 0 Å². The van der Waals surface area contributed by atoms with Crippen molar-refractivity contribution in [1.29, 1.82) is 0 Å². The monoisotopic (exact) mass is 274 g/mol. The molecule has 0 atom stereocenters. The van der Waals surface area contributed by atoms with E-state index in [1.165, 1.54) is 0 Å². The summed E-state index contributed by atoms with van der Waals surface area (Å²) in [4.78, 5) is 0. The first-order chi connectivity index (χ1) is 7.61. The first-order valence-electron chi connectivity index (χ1n) is 5.23. The first kappa shape index (κ1) is 13.7. The van der Waals surface area contributed by atoms with Gasteiger partial charge in [-0.25, -0.2) is 0 Å². The van der Waals surface area contributed by atoms with Crippen LogP contribution in [0.25, 0.3) is 0 Å². The average Bonchev–Trinajstić information content (AvgIpc) is 2.22. The summed E-state index contributed by atoms with van der Waals surface area (Å²) in [5.41, 5.74) is 0.786. The lowest BCUT2D eigenvalue weighted by Gasteiger charge is -2.17. The van der Waals surface area contributed by atoms with Crippen LogP contribution in [-0.2, 0) is 19.8 Å². The van der Waals surface area contributed by atoms with Gasteiger partial charge in [0.25, 0.3) is 0 Å². The summed E-state index contributed by atoms with van der Waals surface area (Å²) in [6.07, 6.45) is 0.217. The molecule has 0 heterocycles. The zero-order valence-electron chi connectivity index (χ0n) is 9.48. The average molecular weight is 275 g/mol. The standard InChI is InChI=1S/C11H16ClO3P/c1-3-14-16(13,15-4-2)9-10-7-5-6-8-11(10)12/h5-8H,3-4,9H2,1-2H3/i5+2,6+2,7+2,8+2,10+2,11+2. The third kappa shape index (κ3) is 3.91. The van der Waals surface area contributed by atoms with Gasteiger partial charge in [0.15, 0.2) is 0 Å². The maximum Gasteiger partial charge on any atom is 0.335 e. The fourth-order valence-corrected chi connectivity index (χ4v) is 3.39. The van der Waals surface area contributed by atoms with Crippen molar-refractivity contribution in [1.82, 2.24) is 0 Å². The lowest BCUT2D eigenvalue weighted by Crippen LogP contribution is -1.99. The van der Waals surface area contributed by atoms with E-state index in [0.717, 1.165) is 5.56 Å². The minimum atomic E-state index is -3.05. The van der Waals surface area contributed by atoms with Gasteiger partial charge in [0.05, 0.1) is 19.4 Å². The van der Waals surface area contributed by atoms with E-state index in [0.29, 0.717) is 18.2 Å².